The molecular weight excluding hydrogens is 518 g/mol. The molecule has 2 aromatic carbocycles. The first-order valence-corrected chi connectivity index (χ1v) is 14.4. The minimum absolute atomic E-state index is 0.0296. The molecule has 7 nitrogen and oxygen atoms in total. The maximum atomic E-state index is 14.0. The highest BCUT2D eigenvalue weighted by atomic mass is 32.2. The zero-order valence-electron chi connectivity index (χ0n) is 21.6. The second-order valence-electron chi connectivity index (χ2n) is 9.45. The van der Waals surface area contributed by atoms with E-state index in [-0.39, 0.29) is 23.3 Å². The van der Waals surface area contributed by atoms with Crippen LogP contribution in [0.4, 0.5) is 5.69 Å². The number of thiophene rings is 1. The van der Waals surface area contributed by atoms with Crippen LogP contribution in [0.2, 0.25) is 0 Å². The number of thioether (sulfide) groups is 1. The fourth-order valence-electron chi connectivity index (χ4n) is 4.89. The zero-order valence-corrected chi connectivity index (χ0v) is 23.2. The van der Waals surface area contributed by atoms with E-state index < -0.39 is 5.97 Å². The summed E-state index contributed by atoms with van der Waals surface area (Å²) in [5.74, 6) is -0.390. The Hall–Kier alpha value is -3.43. The summed E-state index contributed by atoms with van der Waals surface area (Å²) in [7, 11) is 1.33. The number of nitrogens with zero attached hydrogens (tertiary/aromatic N) is 3. The van der Waals surface area contributed by atoms with Gasteiger partial charge in [0.05, 0.1) is 29.5 Å². The van der Waals surface area contributed by atoms with Gasteiger partial charge in [0.15, 0.2) is 5.16 Å². The van der Waals surface area contributed by atoms with Crippen molar-refractivity contribution >= 4 is 50.9 Å². The van der Waals surface area contributed by atoms with E-state index in [2.05, 4.69) is 0 Å². The van der Waals surface area contributed by atoms with E-state index in [1.165, 1.54) is 23.7 Å². The number of hydrogen-bond donors (Lipinski definition) is 0. The number of para-hydroxylation sites is 1. The van der Waals surface area contributed by atoms with E-state index >= 15 is 0 Å². The number of hydrogen-bond acceptors (Lipinski definition) is 7. The number of esters is 1. The van der Waals surface area contributed by atoms with E-state index in [4.69, 9.17) is 9.72 Å². The van der Waals surface area contributed by atoms with Crippen LogP contribution in [0, 0.1) is 0 Å². The molecule has 9 heteroatoms. The number of anilines is 1. The Labute approximate surface area is 229 Å². The van der Waals surface area contributed by atoms with Gasteiger partial charge in [-0.25, -0.2) is 9.78 Å². The third-order valence-electron chi connectivity index (χ3n) is 6.65. The Bertz CT molecular complexity index is 1540. The number of rotatable bonds is 7. The highest BCUT2D eigenvalue weighted by Gasteiger charge is 2.25. The summed E-state index contributed by atoms with van der Waals surface area (Å²) in [4.78, 5) is 48.0. The summed E-state index contributed by atoms with van der Waals surface area (Å²) < 4.78 is 6.39. The number of ether oxygens (including phenoxy) is 1. The van der Waals surface area contributed by atoms with Gasteiger partial charge in [0, 0.05) is 16.6 Å². The molecular formula is C29H29N3O4S2. The van der Waals surface area contributed by atoms with Gasteiger partial charge in [0.1, 0.15) is 4.83 Å². The third-order valence-corrected chi connectivity index (χ3v) is 8.76. The normalized spacial score (nSPS) is 12.9. The van der Waals surface area contributed by atoms with Gasteiger partial charge in [0.25, 0.3) is 5.56 Å². The molecule has 0 bridgehead atoms. The van der Waals surface area contributed by atoms with E-state index in [9.17, 15) is 14.4 Å². The summed E-state index contributed by atoms with van der Waals surface area (Å²) in [6.45, 7) is 3.96. The van der Waals surface area contributed by atoms with Crippen LogP contribution in [0.5, 0.6) is 0 Å². The van der Waals surface area contributed by atoms with Crippen LogP contribution in [0.3, 0.4) is 0 Å². The van der Waals surface area contributed by atoms with Crippen LogP contribution >= 0.6 is 23.1 Å². The molecule has 0 atom stereocenters. The van der Waals surface area contributed by atoms with Crippen molar-refractivity contribution in [2.24, 2.45) is 0 Å². The molecule has 0 aliphatic heterocycles. The SMILES string of the molecule is COC(=O)c1ccc(-n2c(SCC(=O)N(c3ccccc3)C(C)C)nc3sc4c(c3c2=O)CCCC4)cc1. The second kappa shape index (κ2) is 11.1. The molecule has 4 aromatic rings. The van der Waals surface area contributed by atoms with E-state index in [1.54, 1.807) is 45.1 Å². The van der Waals surface area contributed by atoms with Gasteiger partial charge in [-0.05, 0) is 81.5 Å². The van der Waals surface area contributed by atoms with Gasteiger partial charge < -0.3 is 9.64 Å². The Kier molecular flexibility index (Phi) is 7.67. The first-order chi connectivity index (χ1) is 18.4. The zero-order chi connectivity index (χ0) is 26.8. The lowest BCUT2D eigenvalue weighted by Gasteiger charge is -2.27. The standard InChI is InChI=1S/C29H29N3O4S2/c1-18(2)31(20-9-5-4-6-10-20)24(33)17-37-29-30-26-25(22-11-7-8-12-23(22)38-26)27(34)32(29)21-15-13-19(14-16-21)28(35)36-3/h4-6,9-10,13-16,18H,7-8,11-12,17H2,1-3H3. The first kappa shape index (κ1) is 26.2. The summed E-state index contributed by atoms with van der Waals surface area (Å²) in [6, 6.07) is 16.3. The van der Waals surface area contributed by atoms with Crippen molar-refractivity contribution in [1.29, 1.82) is 0 Å². The van der Waals surface area contributed by atoms with Crippen molar-refractivity contribution in [3.63, 3.8) is 0 Å². The molecule has 0 fully saturated rings. The van der Waals surface area contributed by atoms with Crippen LogP contribution < -0.4 is 10.5 Å². The monoisotopic (exact) mass is 547 g/mol. The van der Waals surface area contributed by atoms with Crippen LogP contribution in [-0.4, -0.2) is 40.3 Å². The minimum Gasteiger partial charge on any atom is -0.465 e. The Morgan fingerprint density at radius 3 is 2.47 bits per heavy atom. The minimum atomic E-state index is -0.445. The summed E-state index contributed by atoms with van der Waals surface area (Å²) in [5, 5.41) is 1.13. The molecule has 1 aliphatic carbocycles. The topological polar surface area (TPSA) is 81.5 Å². The molecule has 1 aliphatic rings. The summed E-state index contributed by atoms with van der Waals surface area (Å²) >= 11 is 2.85. The number of fused-ring (bicyclic) bond motifs is 3. The molecule has 2 aromatic heterocycles. The molecule has 196 valence electrons. The highest BCUT2D eigenvalue weighted by molar-refractivity contribution is 7.99. The molecule has 1 amide bonds. The number of amides is 1. The number of carbonyl (C=O) groups excluding carboxylic acids is 2. The molecule has 0 saturated heterocycles. The predicted octanol–water partition coefficient (Wildman–Crippen LogP) is 5.65. The average Bonchev–Trinajstić information content (AvgIpc) is 3.31. The van der Waals surface area contributed by atoms with Crippen molar-refractivity contribution in [2.75, 3.05) is 17.8 Å². The Morgan fingerprint density at radius 1 is 1.08 bits per heavy atom. The van der Waals surface area contributed by atoms with Gasteiger partial charge in [-0.1, -0.05) is 30.0 Å². The molecule has 0 N–H and O–H groups in total. The van der Waals surface area contributed by atoms with Gasteiger partial charge in [-0.3, -0.25) is 14.2 Å². The van der Waals surface area contributed by atoms with E-state index in [0.29, 0.717) is 21.8 Å². The number of aromatic nitrogens is 2. The van der Waals surface area contributed by atoms with Crippen molar-refractivity contribution in [3.05, 3.63) is 81.0 Å². The predicted molar refractivity (Wildman–Crippen MR) is 153 cm³/mol. The van der Waals surface area contributed by atoms with Crippen molar-refractivity contribution < 1.29 is 14.3 Å². The van der Waals surface area contributed by atoms with Crippen LogP contribution in [-0.2, 0) is 22.4 Å². The van der Waals surface area contributed by atoms with E-state index in [0.717, 1.165) is 41.8 Å². The van der Waals surface area contributed by atoms with Gasteiger partial charge in [-0.2, -0.15) is 0 Å². The molecule has 0 unspecified atom stereocenters. The largest absolute Gasteiger partial charge is 0.465 e. The first-order valence-electron chi connectivity index (χ1n) is 12.6. The highest BCUT2D eigenvalue weighted by Crippen LogP contribution is 2.35. The maximum Gasteiger partial charge on any atom is 0.337 e. The van der Waals surface area contributed by atoms with Crippen molar-refractivity contribution in [1.82, 2.24) is 9.55 Å². The lowest BCUT2D eigenvalue weighted by atomic mass is 9.97. The molecule has 5 rings (SSSR count). The van der Waals surface area contributed by atoms with Crippen molar-refractivity contribution in [3.8, 4) is 5.69 Å². The second-order valence-corrected chi connectivity index (χ2v) is 11.5. The molecule has 2 heterocycles. The number of methoxy groups -OCH3 is 1. The van der Waals surface area contributed by atoms with Gasteiger partial charge in [0.2, 0.25) is 5.91 Å². The maximum absolute atomic E-state index is 14.0. The number of benzene rings is 2. The quantitative estimate of drug-likeness (QED) is 0.169. The molecule has 38 heavy (non-hydrogen) atoms. The van der Waals surface area contributed by atoms with Gasteiger partial charge >= 0.3 is 5.97 Å². The smallest absolute Gasteiger partial charge is 0.337 e. The lowest BCUT2D eigenvalue weighted by Crippen LogP contribution is -2.38. The Balaban J connectivity index is 1.56. The molecule has 0 radical (unpaired) electrons. The fourth-order valence-corrected chi connectivity index (χ4v) is 7.06. The summed E-state index contributed by atoms with van der Waals surface area (Å²) in [6.07, 6.45) is 4.01. The van der Waals surface area contributed by atoms with Crippen LogP contribution in [0.15, 0.2) is 64.5 Å². The van der Waals surface area contributed by atoms with Crippen LogP contribution in [0.1, 0.15) is 47.5 Å². The molecule has 0 saturated carbocycles. The van der Waals surface area contributed by atoms with Gasteiger partial charge in [-0.15, -0.1) is 11.3 Å². The summed E-state index contributed by atoms with van der Waals surface area (Å²) in [5.41, 5.74) is 2.78. The lowest BCUT2D eigenvalue weighted by molar-refractivity contribution is -0.116. The molecule has 0 spiro atoms. The fraction of sp³-hybridized carbons (Fsp3) is 0.310. The number of aryl methyl sites for hydroxylation is 2. The third kappa shape index (κ3) is 5.00. The van der Waals surface area contributed by atoms with E-state index in [1.807, 2.05) is 44.2 Å². The Morgan fingerprint density at radius 2 is 1.79 bits per heavy atom. The van der Waals surface area contributed by atoms with Crippen molar-refractivity contribution in [2.45, 2.75) is 50.7 Å². The van der Waals surface area contributed by atoms with Crippen LogP contribution in [0.25, 0.3) is 15.9 Å². The number of carbonyl (C=O) groups is 2. The average molecular weight is 548 g/mol.